The summed E-state index contributed by atoms with van der Waals surface area (Å²) in [6.07, 6.45) is 6.11. The van der Waals surface area contributed by atoms with E-state index in [0.29, 0.717) is 19.4 Å². The molecular weight excluding hydrogens is 192 g/mol. The van der Waals surface area contributed by atoms with Gasteiger partial charge in [-0.2, -0.15) is 0 Å². The van der Waals surface area contributed by atoms with Crippen molar-refractivity contribution in [2.75, 3.05) is 6.61 Å². The van der Waals surface area contributed by atoms with Crippen molar-refractivity contribution in [3.8, 4) is 0 Å². The van der Waals surface area contributed by atoms with Crippen molar-refractivity contribution in [3.05, 3.63) is 12.7 Å². The van der Waals surface area contributed by atoms with E-state index in [1.54, 1.807) is 6.08 Å². The second-order valence-corrected chi connectivity index (χ2v) is 4.27. The Hall–Kier alpha value is -0.830. The summed E-state index contributed by atoms with van der Waals surface area (Å²) in [6.45, 7) is 6.03. The van der Waals surface area contributed by atoms with E-state index >= 15 is 0 Å². The molecule has 3 heteroatoms. The van der Waals surface area contributed by atoms with E-state index in [4.69, 9.17) is 4.74 Å². The van der Waals surface area contributed by atoms with Gasteiger partial charge in [0.15, 0.2) is 5.60 Å². The van der Waals surface area contributed by atoms with Gasteiger partial charge in [0.1, 0.15) is 0 Å². The van der Waals surface area contributed by atoms with Crippen LogP contribution in [0.25, 0.3) is 0 Å². The first-order valence-corrected chi connectivity index (χ1v) is 5.61. The number of hydrogen-bond acceptors (Lipinski definition) is 2. The largest absolute Gasteiger partial charge is 0.479 e. The lowest BCUT2D eigenvalue weighted by molar-refractivity contribution is -0.179. The van der Waals surface area contributed by atoms with Crippen LogP contribution in [-0.4, -0.2) is 23.3 Å². The van der Waals surface area contributed by atoms with Crippen LogP contribution in [0.5, 0.6) is 0 Å². The van der Waals surface area contributed by atoms with Crippen LogP contribution in [0.3, 0.4) is 0 Å². The number of carboxylic acid groups (broad SMARTS) is 1. The van der Waals surface area contributed by atoms with Crippen molar-refractivity contribution >= 4 is 5.97 Å². The molecule has 0 radical (unpaired) electrons. The molecule has 2 unspecified atom stereocenters. The smallest absolute Gasteiger partial charge is 0.336 e. The van der Waals surface area contributed by atoms with Crippen LogP contribution in [0.2, 0.25) is 0 Å². The first-order valence-electron chi connectivity index (χ1n) is 5.61. The van der Waals surface area contributed by atoms with Crippen molar-refractivity contribution in [3.63, 3.8) is 0 Å². The highest BCUT2D eigenvalue weighted by Gasteiger charge is 2.46. The standard InChI is InChI=1S/C12H20O3/c1-3-4-9-15-12(11(13)14)8-6-5-7-10(12)2/h3,10H,1,4-9H2,2H3,(H,13,14). The minimum atomic E-state index is -0.943. The average molecular weight is 212 g/mol. The van der Waals surface area contributed by atoms with Crippen molar-refractivity contribution in [2.45, 2.75) is 44.6 Å². The summed E-state index contributed by atoms with van der Waals surface area (Å²) in [5.74, 6) is -0.702. The highest BCUT2D eigenvalue weighted by molar-refractivity contribution is 5.78. The summed E-state index contributed by atoms with van der Waals surface area (Å²) in [4.78, 5) is 11.3. The van der Waals surface area contributed by atoms with Crippen LogP contribution in [0.15, 0.2) is 12.7 Å². The first-order chi connectivity index (χ1) is 7.13. The maximum absolute atomic E-state index is 11.3. The van der Waals surface area contributed by atoms with Gasteiger partial charge in [0, 0.05) is 0 Å². The third-order valence-electron chi connectivity index (χ3n) is 3.27. The van der Waals surface area contributed by atoms with Crippen molar-refractivity contribution < 1.29 is 14.6 Å². The van der Waals surface area contributed by atoms with E-state index in [2.05, 4.69) is 6.58 Å². The van der Waals surface area contributed by atoms with Crippen LogP contribution in [-0.2, 0) is 9.53 Å². The van der Waals surface area contributed by atoms with Crippen molar-refractivity contribution in [2.24, 2.45) is 5.92 Å². The molecule has 0 bridgehead atoms. The maximum Gasteiger partial charge on any atom is 0.336 e. The van der Waals surface area contributed by atoms with Gasteiger partial charge in [0.2, 0.25) is 0 Å². The molecule has 2 atom stereocenters. The molecule has 0 aromatic rings. The molecule has 0 amide bonds. The summed E-state index contributed by atoms with van der Waals surface area (Å²) in [6, 6.07) is 0. The fourth-order valence-corrected chi connectivity index (χ4v) is 2.24. The minimum Gasteiger partial charge on any atom is -0.479 e. The number of carboxylic acids is 1. The Morgan fingerprint density at radius 1 is 1.67 bits per heavy atom. The number of aliphatic carboxylic acids is 1. The zero-order valence-corrected chi connectivity index (χ0v) is 9.37. The molecule has 0 aromatic carbocycles. The molecule has 0 spiro atoms. The van der Waals surface area contributed by atoms with Gasteiger partial charge >= 0.3 is 5.97 Å². The minimum absolute atomic E-state index is 0.105. The Morgan fingerprint density at radius 2 is 2.40 bits per heavy atom. The van der Waals surface area contributed by atoms with Gasteiger partial charge in [-0.25, -0.2) is 4.79 Å². The van der Waals surface area contributed by atoms with Crippen molar-refractivity contribution in [1.29, 1.82) is 0 Å². The van der Waals surface area contributed by atoms with Crippen LogP contribution in [0.4, 0.5) is 0 Å². The molecule has 1 N–H and O–H groups in total. The highest BCUT2D eigenvalue weighted by atomic mass is 16.5. The zero-order valence-electron chi connectivity index (χ0n) is 9.37. The lowest BCUT2D eigenvalue weighted by Crippen LogP contribution is -2.49. The fraction of sp³-hybridized carbons (Fsp3) is 0.750. The van der Waals surface area contributed by atoms with Gasteiger partial charge in [0.05, 0.1) is 6.61 Å². The molecule has 0 aliphatic heterocycles. The first kappa shape index (κ1) is 12.2. The molecular formula is C12H20O3. The van der Waals surface area contributed by atoms with E-state index in [0.717, 1.165) is 19.3 Å². The predicted octanol–water partition coefficient (Wildman–Crippen LogP) is 2.61. The van der Waals surface area contributed by atoms with Gasteiger partial charge in [-0.05, 0) is 31.6 Å². The second kappa shape index (κ2) is 5.31. The summed E-state index contributed by atoms with van der Waals surface area (Å²) >= 11 is 0. The Labute approximate surface area is 91.1 Å². The summed E-state index contributed by atoms with van der Waals surface area (Å²) in [7, 11) is 0. The molecule has 1 saturated carbocycles. The Morgan fingerprint density at radius 3 is 2.93 bits per heavy atom. The van der Waals surface area contributed by atoms with Gasteiger partial charge in [-0.15, -0.1) is 6.58 Å². The third-order valence-corrected chi connectivity index (χ3v) is 3.27. The van der Waals surface area contributed by atoms with E-state index < -0.39 is 11.6 Å². The number of ether oxygens (including phenoxy) is 1. The highest BCUT2D eigenvalue weighted by Crippen LogP contribution is 2.37. The van der Waals surface area contributed by atoms with Crippen LogP contribution in [0.1, 0.15) is 39.0 Å². The van der Waals surface area contributed by atoms with Crippen molar-refractivity contribution in [1.82, 2.24) is 0 Å². The van der Waals surface area contributed by atoms with Gasteiger partial charge in [-0.1, -0.05) is 19.4 Å². The number of rotatable bonds is 5. The van der Waals surface area contributed by atoms with Crippen LogP contribution < -0.4 is 0 Å². The quantitative estimate of drug-likeness (QED) is 0.563. The molecule has 3 nitrogen and oxygen atoms in total. The van der Waals surface area contributed by atoms with Crippen LogP contribution >= 0.6 is 0 Å². The molecule has 0 aromatic heterocycles. The molecule has 0 saturated heterocycles. The van der Waals surface area contributed by atoms with E-state index in [1.165, 1.54) is 0 Å². The fourth-order valence-electron chi connectivity index (χ4n) is 2.24. The molecule has 0 heterocycles. The SMILES string of the molecule is C=CCCOC1(C(=O)O)CCCCC1C. The molecule has 15 heavy (non-hydrogen) atoms. The number of carbonyl (C=O) groups is 1. The summed E-state index contributed by atoms with van der Waals surface area (Å²) in [5.41, 5.74) is -0.943. The lowest BCUT2D eigenvalue weighted by atomic mass is 9.76. The molecule has 1 aliphatic carbocycles. The lowest BCUT2D eigenvalue weighted by Gasteiger charge is -2.38. The monoisotopic (exact) mass is 212 g/mol. The molecule has 86 valence electrons. The van der Waals surface area contributed by atoms with E-state index in [1.807, 2.05) is 6.92 Å². The molecule has 1 aliphatic rings. The van der Waals surface area contributed by atoms with E-state index in [9.17, 15) is 9.90 Å². The third kappa shape index (κ3) is 2.59. The Kier molecular flexibility index (Phi) is 4.33. The Balaban J connectivity index is 2.67. The summed E-state index contributed by atoms with van der Waals surface area (Å²) < 4.78 is 5.61. The average Bonchev–Trinajstić information content (AvgIpc) is 2.21. The Bertz CT molecular complexity index is 237. The zero-order chi connectivity index (χ0) is 11.3. The van der Waals surface area contributed by atoms with Gasteiger partial charge < -0.3 is 9.84 Å². The van der Waals surface area contributed by atoms with Gasteiger partial charge in [-0.3, -0.25) is 0 Å². The predicted molar refractivity (Wildman–Crippen MR) is 58.8 cm³/mol. The van der Waals surface area contributed by atoms with Gasteiger partial charge in [0.25, 0.3) is 0 Å². The maximum atomic E-state index is 11.3. The van der Waals surface area contributed by atoms with E-state index in [-0.39, 0.29) is 5.92 Å². The topological polar surface area (TPSA) is 46.5 Å². The van der Waals surface area contributed by atoms with Crippen LogP contribution in [0, 0.1) is 5.92 Å². The second-order valence-electron chi connectivity index (χ2n) is 4.27. The number of hydrogen-bond donors (Lipinski definition) is 1. The molecule has 1 fully saturated rings. The summed E-state index contributed by atoms with van der Waals surface area (Å²) in [5, 5.41) is 9.31. The normalized spacial score (nSPS) is 31.1. The molecule has 1 rings (SSSR count).